The number of halogens is 2. The van der Waals surface area contributed by atoms with Gasteiger partial charge in [0.25, 0.3) is 6.43 Å². The predicted octanol–water partition coefficient (Wildman–Crippen LogP) is 1.02. The molecule has 0 aliphatic heterocycles. The van der Waals surface area contributed by atoms with Gasteiger partial charge >= 0.3 is 0 Å². The van der Waals surface area contributed by atoms with Gasteiger partial charge in [-0.2, -0.15) is 4.31 Å². The van der Waals surface area contributed by atoms with E-state index in [1.807, 2.05) is 6.92 Å². The van der Waals surface area contributed by atoms with E-state index in [0.717, 1.165) is 19.3 Å². The zero-order valence-corrected chi connectivity index (χ0v) is 12.0. The average molecular weight is 295 g/mol. The molecular weight excluding hydrogens is 276 g/mol. The Morgan fingerprint density at radius 1 is 1.47 bits per heavy atom. The van der Waals surface area contributed by atoms with E-state index in [-0.39, 0.29) is 4.90 Å². The molecule has 0 saturated carbocycles. The quantitative estimate of drug-likeness (QED) is 0.817. The van der Waals surface area contributed by atoms with Gasteiger partial charge in [0, 0.05) is 32.5 Å². The van der Waals surface area contributed by atoms with Crippen LogP contribution in [-0.2, 0) is 23.6 Å². The van der Waals surface area contributed by atoms with Gasteiger partial charge in [-0.05, 0) is 12.6 Å². The Bertz CT molecular complexity index is 514. The molecule has 0 radical (unpaired) electrons. The molecule has 0 spiro atoms. The monoisotopic (exact) mass is 295 g/mol. The van der Waals surface area contributed by atoms with Crippen molar-refractivity contribution < 1.29 is 17.2 Å². The average Bonchev–Trinajstić information content (AvgIpc) is 2.67. The molecule has 0 aromatic carbocycles. The van der Waals surface area contributed by atoms with Gasteiger partial charge in [-0.3, -0.25) is 0 Å². The molecule has 1 rings (SSSR count). The molecule has 1 aromatic heterocycles. The highest BCUT2D eigenvalue weighted by atomic mass is 32.2. The number of aryl methyl sites for hydroxylation is 1. The SMILES string of the molecule is CCNCc1cc(S(=O)(=O)N(C)CC(F)F)cn1C. The molecule has 0 atom stereocenters. The fourth-order valence-corrected chi connectivity index (χ4v) is 2.86. The number of hydrogen-bond donors (Lipinski definition) is 1. The van der Waals surface area contributed by atoms with Gasteiger partial charge < -0.3 is 9.88 Å². The lowest BCUT2D eigenvalue weighted by atomic mass is 10.4. The van der Waals surface area contributed by atoms with E-state index in [2.05, 4.69) is 5.32 Å². The van der Waals surface area contributed by atoms with Crippen LogP contribution in [0.4, 0.5) is 8.78 Å². The summed E-state index contributed by atoms with van der Waals surface area (Å²) in [7, 11) is -0.984. The van der Waals surface area contributed by atoms with Crippen molar-refractivity contribution in [2.24, 2.45) is 7.05 Å². The fraction of sp³-hybridized carbons (Fsp3) is 0.636. The molecule has 1 N–H and O–H groups in total. The summed E-state index contributed by atoms with van der Waals surface area (Å²) in [5, 5.41) is 3.08. The number of alkyl halides is 2. The number of nitrogens with zero attached hydrogens (tertiary/aromatic N) is 2. The highest BCUT2D eigenvalue weighted by Gasteiger charge is 2.25. The van der Waals surface area contributed by atoms with Crippen molar-refractivity contribution in [1.29, 1.82) is 0 Å². The maximum Gasteiger partial charge on any atom is 0.252 e. The number of aromatic nitrogens is 1. The predicted molar refractivity (Wildman–Crippen MR) is 68.6 cm³/mol. The molecule has 0 amide bonds. The molecule has 1 aromatic rings. The van der Waals surface area contributed by atoms with Crippen LogP contribution in [-0.4, -0.2) is 43.9 Å². The van der Waals surface area contributed by atoms with Gasteiger partial charge in [0.05, 0.1) is 6.54 Å². The number of rotatable bonds is 7. The van der Waals surface area contributed by atoms with Crippen molar-refractivity contribution in [1.82, 2.24) is 14.2 Å². The third-order valence-electron chi connectivity index (χ3n) is 2.74. The first-order valence-corrected chi connectivity index (χ1v) is 7.33. The van der Waals surface area contributed by atoms with E-state index in [1.165, 1.54) is 12.3 Å². The molecule has 19 heavy (non-hydrogen) atoms. The maximum atomic E-state index is 12.3. The summed E-state index contributed by atoms with van der Waals surface area (Å²) in [6, 6.07) is 1.50. The lowest BCUT2D eigenvalue weighted by molar-refractivity contribution is 0.126. The van der Waals surface area contributed by atoms with Crippen molar-refractivity contribution in [3.05, 3.63) is 18.0 Å². The van der Waals surface area contributed by atoms with E-state index in [0.29, 0.717) is 10.8 Å². The molecule has 0 aliphatic carbocycles. The van der Waals surface area contributed by atoms with Crippen LogP contribution in [0.2, 0.25) is 0 Å². The largest absolute Gasteiger partial charge is 0.352 e. The second-order valence-electron chi connectivity index (χ2n) is 4.24. The standard InChI is InChI=1S/C11H19F2N3O2S/c1-4-14-6-9-5-10(7-15(9)2)19(17,18)16(3)8-11(12)13/h5,7,11,14H,4,6,8H2,1-3H3. The minimum atomic E-state index is -3.86. The highest BCUT2D eigenvalue weighted by molar-refractivity contribution is 7.89. The maximum absolute atomic E-state index is 12.3. The third kappa shape index (κ3) is 3.99. The van der Waals surface area contributed by atoms with Gasteiger partial charge in [0.2, 0.25) is 10.0 Å². The van der Waals surface area contributed by atoms with E-state index in [4.69, 9.17) is 0 Å². The first-order valence-electron chi connectivity index (χ1n) is 5.89. The highest BCUT2D eigenvalue weighted by Crippen LogP contribution is 2.18. The van der Waals surface area contributed by atoms with Crippen LogP contribution in [0.25, 0.3) is 0 Å². The summed E-state index contributed by atoms with van der Waals surface area (Å²) in [6.45, 7) is 2.43. The van der Waals surface area contributed by atoms with E-state index in [1.54, 1.807) is 11.6 Å². The Labute approximate surface area is 112 Å². The zero-order chi connectivity index (χ0) is 14.6. The topological polar surface area (TPSA) is 54.3 Å². The summed E-state index contributed by atoms with van der Waals surface area (Å²) in [5.74, 6) is 0. The van der Waals surface area contributed by atoms with E-state index >= 15 is 0 Å². The Balaban J connectivity index is 2.96. The van der Waals surface area contributed by atoms with E-state index in [9.17, 15) is 17.2 Å². The second kappa shape index (κ2) is 6.44. The minimum absolute atomic E-state index is 0.0334. The Morgan fingerprint density at radius 2 is 2.11 bits per heavy atom. The van der Waals surface area contributed by atoms with Crippen molar-refractivity contribution in [3.63, 3.8) is 0 Å². The van der Waals surface area contributed by atoms with Crippen molar-refractivity contribution in [2.75, 3.05) is 20.1 Å². The first kappa shape index (κ1) is 16.1. The summed E-state index contributed by atoms with van der Waals surface area (Å²) in [5.41, 5.74) is 0.783. The summed E-state index contributed by atoms with van der Waals surface area (Å²) < 4.78 is 51.0. The normalized spacial score (nSPS) is 12.6. The summed E-state index contributed by atoms with van der Waals surface area (Å²) in [4.78, 5) is 0.0334. The Hall–Kier alpha value is -0.990. The van der Waals surface area contributed by atoms with Crippen LogP contribution in [0.15, 0.2) is 17.2 Å². The van der Waals surface area contributed by atoms with Crippen LogP contribution >= 0.6 is 0 Å². The number of hydrogen-bond acceptors (Lipinski definition) is 3. The van der Waals surface area contributed by atoms with E-state index < -0.39 is 23.0 Å². The molecule has 0 aliphatic rings. The van der Waals surface area contributed by atoms with Gasteiger partial charge in [-0.25, -0.2) is 17.2 Å². The van der Waals surface area contributed by atoms with Crippen LogP contribution in [0.3, 0.4) is 0 Å². The molecule has 8 heteroatoms. The van der Waals surface area contributed by atoms with Crippen molar-refractivity contribution >= 4 is 10.0 Å². The molecule has 0 bridgehead atoms. The second-order valence-corrected chi connectivity index (χ2v) is 6.28. The summed E-state index contributed by atoms with van der Waals surface area (Å²) in [6.07, 6.45) is -1.26. The van der Waals surface area contributed by atoms with Gasteiger partial charge in [0.1, 0.15) is 4.90 Å². The minimum Gasteiger partial charge on any atom is -0.352 e. The molecule has 0 unspecified atom stereocenters. The number of nitrogens with one attached hydrogen (secondary N) is 1. The molecule has 1 heterocycles. The van der Waals surface area contributed by atoms with Gasteiger partial charge in [-0.1, -0.05) is 6.92 Å². The zero-order valence-electron chi connectivity index (χ0n) is 11.2. The molecule has 5 nitrogen and oxygen atoms in total. The molecular formula is C11H19F2N3O2S. The van der Waals surface area contributed by atoms with Crippen LogP contribution in [0.5, 0.6) is 0 Å². The fourth-order valence-electron chi connectivity index (χ4n) is 1.62. The lowest BCUT2D eigenvalue weighted by Gasteiger charge is -2.15. The smallest absolute Gasteiger partial charge is 0.252 e. The summed E-state index contributed by atoms with van der Waals surface area (Å²) >= 11 is 0. The van der Waals surface area contributed by atoms with Crippen LogP contribution in [0, 0.1) is 0 Å². The van der Waals surface area contributed by atoms with Crippen molar-refractivity contribution in [3.8, 4) is 0 Å². The molecule has 0 fully saturated rings. The van der Waals surface area contributed by atoms with Crippen molar-refractivity contribution in [2.45, 2.75) is 24.8 Å². The van der Waals surface area contributed by atoms with Gasteiger partial charge in [-0.15, -0.1) is 0 Å². The lowest BCUT2D eigenvalue weighted by Crippen LogP contribution is -2.31. The molecule has 0 saturated heterocycles. The van der Waals surface area contributed by atoms with Gasteiger partial charge in [0.15, 0.2) is 0 Å². The number of sulfonamides is 1. The van der Waals surface area contributed by atoms with Crippen LogP contribution < -0.4 is 5.32 Å². The first-order chi connectivity index (χ1) is 8.78. The molecule has 110 valence electrons. The van der Waals surface area contributed by atoms with Crippen LogP contribution in [0.1, 0.15) is 12.6 Å². The Kier molecular flexibility index (Phi) is 5.45. The Morgan fingerprint density at radius 3 is 2.63 bits per heavy atom. The third-order valence-corrected chi connectivity index (χ3v) is 4.53.